The molecule has 1 aliphatic rings. The summed E-state index contributed by atoms with van der Waals surface area (Å²) in [5.74, 6) is -1.02. The number of esters is 1. The van der Waals surface area contributed by atoms with E-state index in [1.54, 1.807) is 0 Å². The van der Waals surface area contributed by atoms with Gasteiger partial charge in [0.25, 0.3) is 0 Å². The number of nitrogens with one attached hydrogen (secondary N) is 1. The van der Waals surface area contributed by atoms with Crippen LogP contribution in [0.2, 0.25) is 0 Å². The molecule has 6 heteroatoms. The number of nitrogen functional groups attached to an aromatic ring is 1. The molecular formula is C13H18FN3O2. The van der Waals surface area contributed by atoms with Crippen molar-refractivity contribution >= 4 is 17.3 Å². The summed E-state index contributed by atoms with van der Waals surface area (Å²) >= 11 is 0. The first kappa shape index (κ1) is 13.6. The first-order chi connectivity index (χ1) is 9.01. The fourth-order valence-corrected chi connectivity index (χ4v) is 2.26. The molecule has 1 atom stereocenters. The number of carbonyl (C=O) groups excluding carboxylic acids is 1. The molecule has 19 heavy (non-hydrogen) atoms. The third kappa shape index (κ3) is 2.96. The average molecular weight is 267 g/mol. The summed E-state index contributed by atoms with van der Waals surface area (Å²) in [6.07, 6.45) is 0.938. The third-order valence-corrected chi connectivity index (χ3v) is 3.30. The molecule has 1 fully saturated rings. The second kappa shape index (κ2) is 5.44. The Bertz CT molecular complexity index is 493. The number of nitrogens with two attached hydrogens (primary N) is 1. The van der Waals surface area contributed by atoms with Crippen LogP contribution in [-0.4, -0.2) is 44.2 Å². The van der Waals surface area contributed by atoms with Gasteiger partial charge in [-0.15, -0.1) is 0 Å². The molecule has 0 bridgehead atoms. The number of halogens is 1. The number of ether oxygens (including phenoxy) is 1. The second-order valence-corrected chi connectivity index (χ2v) is 4.80. The summed E-state index contributed by atoms with van der Waals surface area (Å²) in [5, 5.41) is 3.11. The lowest BCUT2D eigenvalue weighted by atomic mass is 10.1. The Hall–Kier alpha value is -1.82. The molecular weight excluding hydrogens is 249 g/mol. The summed E-state index contributed by atoms with van der Waals surface area (Å²) in [4.78, 5) is 13.7. The molecule has 0 amide bonds. The van der Waals surface area contributed by atoms with Crippen LogP contribution in [0.5, 0.6) is 0 Å². The molecule has 2 rings (SSSR count). The van der Waals surface area contributed by atoms with Gasteiger partial charge in [0.05, 0.1) is 18.4 Å². The highest BCUT2D eigenvalue weighted by molar-refractivity contribution is 5.96. The van der Waals surface area contributed by atoms with E-state index >= 15 is 0 Å². The highest BCUT2D eigenvalue weighted by Gasteiger charge is 2.21. The average Bonchev–Trinajstić information content (AvgIpc) is 2.77. The molecule has 0 spiro atoms. The number of carbonyl (C=O) groups is 1. The lowest BCUT2D eigenvalue weighted by Crippen LogP contribution is -2.24. The van der Waals surface area contributed by atoms with Crippen LogP contribution < -0.4 is 11.1 Å². The largest absolute Gasteiger partial charge is 0.465 e. The number of anilines is 2. The zero-order valence-electron chi connectivity index (χ0n) is 11.1. The van der Waals surface area contributed by atoms with Gasteiger partial charge in [-0.1, -0.05) is 0 Å². The zero-order valence-corrected chi connectivity index (χ0v) is 11.1. The Labute approximate surface area is 111 Å². The summed E-state index contributed by atoms with van der Waals surface area (Å²) in [6.45, 7) is 1.81. The van der Waals surface area contributed by atoms with E-state index in [0.717, 1.165) is 25.6 Å². The zero-order chi connectivity index (χ0) is 14.0. The molecule has 1 aromatic carbocycles. The highest BCUT2D eigenvalue weighted by atomic mass is 19.1. The van der Waals surface area contributed by atoms with E-state index in [2.05, 4.69) is 15.0 Å². The van der Waals surface area contributed by atoms with Crippen molar-refractivity contribution in [2.75, 3.05) is 38.3 Å². The van der Waals surface area contributed by atoms with Gasteiger partial charge in [-0.2, -0.15) is 0 Å². The number of hydrogen-bond donors (Lipinski definition) is 2. The van der Waals surface area contributed by atoms with Gasteiger partial charge >= 0.3 is 5.97 Å². The highest BCUT2D eigenvalue weighted by Crippen LogP contribution is 2.24. The van der Waals surface area contributed by atoms with Gasteiger partial charge in [0.2, 0.25) is 0 Å². The van der Waals surface area contributed by atoms with Gasteiger partial charge in [-0.25, -0.2) is 9.18 Å². The van der Waals surface area contributed by atoms with Crippen LogP contribution in [0, 0.1) is 5.82 Å². The molecule has 104 valence electrons. The van der Waals surface area contributed by atoms with Crippen molar-refractivity contribution in [2.24, 2.45) is 0 Å². The quantitative estimate of drug-likeness (QED) is 0.638. The van der Waals surface area contributed by atoms with Crippen LogP contribution in [0.15, 0.2) is 12.1 Å². The minimum atomic E-state index is -0.566. The Balaban J connectivity index is 2.22. The summed E-state index contributed by atoms with van der Waals surface area (Å²) < 4.78 is 18.5. The fourth-order valence-electron chi connectivity index (χ4n) is 2.26. The third-order valence-electron chi connectivity index (χ3n) is 3.30. The predicted molar refractivity (Wildman–Crippen MR) is 71.7 cm³/mol. The number of rotatable bonds is 3. The second-order valence-electron chi connectivity index (χ2n) is 4.80. The van der Waals surface area contributed by atoms with Crippen LogP contribution in [-0.2, 0) is 4.74 Å². The fraction of sp³-hybridized carbons (Fsp3) is 0.462. The van der Waals surface area contributed by atoms with Gasteiger partial charge in [-0.05, 0) is 32.1 Å². The van der Waals surface area contributed by atoms with Crippen molar-refractivity contribution in [3.8, 4) is 0 Å². The van der Waals surface area contributed by atoms with Crippen LogP contribution in [0.1, 0.15) is 16.8 Å². The normalized spacial score (nSPS) is 19.4. The lowest BCUT2D eigenvalue weighted by molar-refractivity contribution is 0.0602. The van der Waals surface area contributed by atoms with E-state index in [9.17, 15) is 9.18 Å². The predicted octanol–water partition coefficient (Wildman–Crippen LogP) is 1.31. The Morgan fingerprint density at radius 2 is 2.32 bits per heavy atom. The van der Waals surface area contributed by atoms with E-state index < -0.39 is 11.8 Å². The molecule has 1 unspecified atom stereocenters. The van der Waals surface area contributed by atoms with Crippen molar-refractivity contribution in [1.29, 1.82) is 0 Å². The van der Waals surface area contributed by atoms with Crippen LogP contribution >= 0.6 is 0 Å². The Morgan fingerprint density at radius 1 is 1.58 bits per heavy atom. The maximum absolute atomic E-state index is 13.8. The van der Waals surface area contributed by atoms with Crippen molar-refractivity contribution in [3.63, 3.8) is 0 Å². The molecule has 3 N–H and O–H groups in total. The van der Waals surface area contributed by atoms with Crippen LogP contribution in [0.3, 0.4) is 0 Å². The maximum atomic E-state index is 13.8. The maximum Gasteiger partial charge on any atom is 0.340 e. The van der Waals surface area contributed by atoms with Crippen molar-refractivity contribution in [3.05, 3.63) is 23.5 Å². The Kier molecular flexibility index (Phi) is 3.90. The number of likely N-dealkylation sites (N-methyl/N-ethyl adjacent to an activating group) is 1. The van der Waals surface area contributed by atoms with E-state index in [1.807, 2.05) is 7.05 Å². The number of methoxy groups -OCH3 is 1. The SMILES string of the molecule is COC(=O)c1cc(NC2CCN(C)C2)c(F)cc1N. The van der Waals surface area contributed by atoms with E-state index in [1.165, 1.54) is 13.2 Å². The van der Waals surface area contributed by atoms with E-state index in [0.29, 0.717) is 0 Å². The van der Waals surface area contributed by atoms with Gasteiger partial charge in [0, 0.05) is 18.3 Å². The van der Waals surface area contributed by atoms with Crippen molar-refractivity contribution in [2.45, 2.75) is 12.5 Å². The summed E-state index contributed by atoms with van der Waals surface area (Å²) in [7, 11) is 3.28. The van der Waals surface area contributed by atoms with Gasteiger partial charge < -0.3 is 20.7 Å². The number of hydrogen-bond acceptors (Lipinski definition) is 5. The summed E-state index contributed by atoms with van der Waals surface area (Å²) in [5.41, 5.74) is 6.17. The van der Waals surface area contributed by atoms with Crippen LogP contribution in [0.4, 0.5) is 15.8 Å². The standard InChI is InChI=1S/C13H18FN3O2/c1-17-4-3-8(7-17)16-12-5-9(13(18)19-2)11(15)6-10(12)14/h5-6,8,16H,3-4,7,15H2,1-2H3. The smallest absolute Gasteiger partial charge is 0.340 e. The molecule has 0 radical (unpaired) electrons. The first-order valence-electron chi connectivity index (χ1n) is 6.13. The van der Waals surface area contributed by atoms with Gasteiger partial charge in [0.1, 0.15) is 5.82 Å². The molecule has 0 saturated carbocycles. The lowest BCUT2D eigenvalue weighted by Gasteiger charge is -2.16. The molecule has 0 aliphatic carbocycles. The molecule has 0 aromatic heterocycles. The molecule has 1 saturated heterocycles. The van der Waals surface area contributed by atoms with Crippen molar-refractivity contribution in [1.82, 2.24) is 4.90 Å². The molecule has 1 heterocycles. The van der Waals surface area contributed by atoms with Gasteiger partial charge in [0.15, 0.2) is 0 Å². The monoisotopic (exact) mass is 267 g/mol. The number of likely N-dealkylation sites (tertiary alicyclic amines) is 1. The topological polar surface area (TPSA) is 67.6 Å². The molecule has 1 aliphatic heterocycles. The van der Waals surface area contributed by atoms with E-state index in [-0.39, 0.29) is 23.0 Å². The first-order valence-corrected chi connectivity index (χ1v) is 6.13. The van der Waals surface area contributed by atoms with Crippen molar-refractivity contribution < 1.29 is 13.9 Å². The summed E-state index contributed by atoms with van der Waals surface area (Å²) in [6, 6.07) is 2.73. The molecule has 1 aromatic rings. The minimum Gasteiger partial charge on any atom is -0.465 e. The van der Waals surface area contributed by atoms with Crippen LogP contribution in [0.25, 0.3) is 0 Å². The Morgan fingerprint density at radius 3 is 2.89 bits per heavy atom. The van der Waals surface area contributed by atoms with E-state index in [4.69, 9.17) is 5.73 Å². The van der Waals surface area contributed by atoms with Gasteiger partial charge in [-0.3, -0.25) is 0 Å². The molecule has 5 nitrogen and oxygen atoms in total. The number of benzene rings is 1. The number of nitrogens with zero attached hydrogens (tertiary/aromatic N) is 1. The minimum absolute atomic E-state index is 0.0819.